The van der Waals surface area contributed by atoms with Crippen molar-refractivity contribution >= 4 is 39.9 Å². The maximum atomic E-state index is 13.7. The largest absolute Gasteiger partial charge is 0.507 e. The molecule has 44 heavy (non-hydrogen) atoms. The van der Waals surface area contributed by atoms with Crippen molar-refractivity contribution in [3.63, 3.8) is 0 Å². The van der Waals surface area contributed by atoms with Gasteiger partial charge in [0.05, 0.1) is 24.4 Å². The summed E-state index contributed by atoms with van der Waals surface area (Å²) in [6.07, 6.45) is 0. The molecule has 1 fully saturated rings. The lowest BCUT2D eigenvalue weighted by molar-refractivity contribution is -0.132. The second kappa shape index (κ2) is 12.1. The number of carbonyl (C=O) groups is 3. The fourth-order valence-electron chi connectivity index (χ4n) is 5.13. The number of hydrogen-bond acceptors (Lipinski definition) is 8. The van der Waals surface area contributed by atoms with E-state index in [-0.39, 0.29) is 26.8 Å². The number of esters is 1. The number of aliphatic hydroxyl groups excluding tert-OH is 1. The van der Waals surface area contributed by atoms with Crippen LogP contribution in [0, 0.1) is 13.8 Å². The quantitative estimate of drug-likeness (QED) is 0.103. The Bertz CT molecular complexity index is 1770. The molecule has 0 spiro atoms. The van der Waals surface area contributed by atoms with Gasteiger partial charge in [-0.05, 0) is 59.7 Å². The van der Waals surface area contributed by atoms with Gasteiger partial charge in [-0.1, -0.05) is 86.7 Å². The maximum Gasteiger partial charge on any atom is 0.350 e. The summed E-state index contributed by atoms with van der Waals surface area (Å²) in [4.78, 5) is 45.6. The number of aryl methyl sites for hydroxylation is 2. The van der Waals surface area contributed by atoms with E-state index in [0.29, 0.717) is 29.2 Å². The van der Waals surface area contributed by atoms with Gasteiger partial charge in [-0.25, -0.2) is 9.78 Å². The Balaban J connectivity index is 1.59. The standard InChI is InChI=1S/C35H34N2O6S/c1-20-18-24(14-17-26(20)43-19-22-10-8-7-9-11-22)29(38)27-28(23-12-15-25(16-13-23)35(3,4)5)37(32(40)30(27)39)34-36-21(2)31(44-34)33(41)42-6/h7-18,28,38H,19H2,1-6H3/t28-/m1/s1. The Hall–Kier alpha value is -4.76. The third kappa shape index (κ3) is 5.88. The maximum absolute atomic E-state index is 13.7. The van der Waals surface area contributed by atoms with Crippen molar-refractivity contribution in [1.82, 2.24) is 4.98 Å². The number of benzene rings is 3. The van der Waals surface area contributed by atoms with Crippen molar-refractivity contribution < 1.29 is 29.0 Å². The number of carbonyl (C=O) groups excluding carboxylic acids is 3. The average Bonchev–Trinajstić information content (AvgIpc) is 3.51. The first-order valence-corrected chi connectivity index (χ1v) is 15.0. The monoisotopic (exact) mass is 610 g/mol. The number of ketones is 1. The zero-order chi connectivity index (χ0) is 31.8. The van der Waals surface area contributed by atoms with Gasteiger partial charge in [0.15, 0.2) is 5.13 Å². The lowest BCUT2D eigenvalue weighted by atomic mass is 9.85. The molecule has 9 heteroatoms. The zero-order valence-electron chi connectivity index (χ0n) is 25.5. The van der Waals surface area contributed by atoms with Crippen LogP contribution in [0.1, 0.15) is 70.0 Å². The second-order valence-electron chi connectivity index (χ2n) is 11.7. The zero-order valence-corrected chi connectivity index (χ0v) is 26.3. The minimum absolute atomic E-state index is 0.0664. The number of thiazole rings is 1. The van der Waals surface area contributed by atoms with Gasteiger partial charge >= 0.3 is 11.9 Å². The average molecular weight is 611 g/mol. The normalized spacial score (nSPS) is 16.3. The lowest BCUT2D eigenvalue weighted by Crippen LogP contribution is -2.29. The van der Waals surface area contributed by atoms with Gasteiger partial charge in [0.25, 0.3) is 5.78 Å². The van der Waals surface area contributed by atoms with E-state index < -0.39 is 23.7 Å². The number of nitrogens with zero attached hydrogens (tertiary/aromatic N) is 2. The van der Waals surface area contributed by atoms with Gasteiger partial charge < -0.3 is 14.6 Å². The molecular weight excluding hydrogens is 576 g/mol. The highest BCUT2D eigenvalue weighted by atomic mass is 32.1. The van der Waals surface area contributed by atoms with Gasteiger partial charge in [0.1, 0.15) is 23.0 Å². The summed E-state index contributed by atoms with van der Waals surface area (Å²) in [6.45, 7) is 10.2. The van der Waals surface area contributed by atoms with Gasteiger partial charge in [0.2, 0.25) is 0 Å². The minimum Gasteiger partial charge on any atom is -0.507 e. The molecule has 1 atom stereocenters. The summed E-state index contributed by atoms with van der Waals surface area (Å²) in [6, 6.07) is 21.5. The first kappa shape index (κ1) is 30.7. The first-order valence-electron chi connectivity index (χ1n) is 14.2. The lowest BCUT2D eigenvalue weighted by Gasteiger charge is -2.25. The number of hydrogen-bond donors (Lipinski definition) is 1. The molecule has 0 saturated carbocycles. The van der Waals surface area contributed by atoms with Crippen LogP contribution in [-0.2, 0) is 26.3 Å². The molecule has 1 N–H and O–H groups in total. The molecule has 8 nitrogen and oxygen atoms in total. The predicted molar refractivity (Wildman–Crippen MR) is 170 cm³/mol. The van der Waals surface area contributed by atoms with Gasteiger partial charge in [-0.3, -0.25) is 14.5 Å². The Kier molecular flexibility index (Phi) is 8.43. The molecule has 1 aliphatic heterocycles. The molecule has 0 aliphatic carbocycles. The summed E-state index contributed by atoms with van der Waals surface area (Å²) in [5.41, 5.74) is 4.01. The number of ether oxygens (including phenoxy) is 2. The van der Waals surface area contributed by atoms with E-state index in [0.717, 1.165) is 28.0 Å². The van der Waals surface area contributed by atoms with Gasteiger partial charge in [-0.2, -0.15) is 0 Å². The molecule has 1 saturated heterocycles. The van der Waals surface area contributed by atoms with Crippen LogP contribution in [-0.4, -0.2) is 34.9 Å². The van der Waals surface area contributed by atoms with E-state index in [1.54, 1.807) is 25.1 Å². The number of anilines is 1. The number of Topliss-reactive ketones (excluding diaryl/α,β-unsaturated/α-hetero) is 1. The summed E-state index contributed by atoms with van der Waals surface area (Å²) >= 11 is 0.965. The predicted octanol–water partition coefficient (Wildman–Crippen LogP) is 7.05. The fourth-order valence-corrected chi connectivity index (χ4v) is 6.14. The smallest absolute Gasteiger partial charge is 0.350 e. The van der Waals surface area contributed by atoms with E-state index in [9.17, 15) is 19.5 Å². The Morgan fingerprint density at radius 1 is 1.00 bits per heavy atom. The molecule has 2 heterocycles. The number of rotatable bonds is 7. The molecule has 226 valence electrons. The van der Waals surface area contributed by atoms with Crippen LogP contribution in [0.4, 0.5) is 5.13 Å². The number of methoxy groups -OCH3 is 1. The van der Waals surface area contributed by atoms with E-state index in [4.69, 9.17) is 9.47 Å². The van der Waals surface area contributed by atoms with Crippen molar-refractivity contribution in [2.24, 2.45) is 0 Å². The van der Waals surface area contributed by atoms with Crippen LogP contribution in [0.15, 0.2) is 78.4 Å². The molecule has 1 amide bonds. The molecule has 5 rings (SSSR count). The Morgan fingerprint density at radius 2 is 1.68 bits per heavy atom. The molecule has 3 aromatic carbocycles. The Labute approximate surface area is 260 Å². The summed E-state index contributed by atoms with van der Waals surface area (Å²) in [5, 5.41) is 11.8. The van der Waals surface area contributed by atoms with Crippen LogP contribution in [0.25, 0.3) is 5.76 Å². The summed E-state index contributed by atoms with van der Waals surface area (Å²) in [7, 11) is 1.27. The van der Waals surface area contributed by atoms with E-state index >= 15 is 0 Å². The van der Waals surface area contributed by atoms with Crippen molar-refractivity contribution in [3.8, 4) is 5.75 Å². The van der Waals surface area contributed by atoms with Crippen LogP contribution >= 0.6 is 11.3 Å². The molecule has 1 aliphatic rings. The van der Waals surface area contributed by atoms with E-state index in [2.05, 4.69) is 25.8 Å². The highest BCUT2D eigenvalue weighted by Gasteiger charge is 2.48. The van der Waals surface area contributed by atoms with Crippen LogP contribution < -0.4 is 9.64 Å². The molecule has 4 aromatic rings. The molecule has 0 radical (unpaired) electrons. The van der Waals surface area contributed by atoms with Gasteiger partial charge in [0, 0.05) is 5.56 Å². The van der Waals surface area contributed by atoms with Gasteiger partial charge in [-0.15, -0.1) is 0 Å². The van der Waals surface area contributed by atoms with Crippen molar-refractivity contribution in [2.45, 2.75) is 52.7 Å². The number of aliphatic hydroxyl groups is 1. The van der Waals surface area contributed by atoms with Crippen molar-refractivity contribution in [2.75, 3.05) is 12.0 Å². The third-order valence-electron chi connectivity index (χ3n) is 7.58. The third-order valence-corrected chi connectivity index (χ3v) is 8.72. The van der Waals surface area contributed by atoms with Crippen LogP contribution in [0.2, 0.25) is 0 Å². The molecule has 0 unspecified atom stereocenters. The fraction of sp³-hybridized carbons (Fsp3) is 0.257. The minimum atomic E-state index is -0.977. The highest BCUT2D eigenvalue weighted by molar-refractivity contribution is 7.17. The van der Waals surface area contributed by atoms with E-state index in [1.165, 1.54) is 12.0 Å². The first-order chi connectivity index (χ1) is 20.9. The molecule has 0 bridgehead atoms. The molecular formula is C35H34N2O6S. The highest BCUT2D eigenvalue weighted by Crippen LogP contribution is 2.44. The summed E-state index contributed by atoms with van der Waals surface area (Å²) in [5.74, 6) is -1.95. The number of amides is 1. The number of aromatic nitrogens is 1. The van der Waals surface area contributed by atoms with Crippen molar-refractivity contribution in [1.29, 1.82) is 0 Å². The Morgan fingerprint density at radius 3 is 2.30 bits per heavy atom. The van der Waals surface area contributed by atoms with Crippen molar-refractivity contribution in [3.05, 3.63) is 117 Å². The second-order valence-corrected chi connectivity index (χ2v) is 12.7. The van der Waals surface area contributed by atoms with Crippen LogP contribution in [0.3, 0.4) is 0 Å². The van der Waals surface area contributed by atoms with E-state index in [1.807, 2.05) is 61.5 Å². The molecule has 1 aromatic heterocycles. The summed E-state index contributed by atoms with van der Waals surface area (Å²) < 4.78 is 10.9. The SMILES string of the molecule is COC(=O)c1sc(N2C(=O)C(=O)C(=C(O)c3ccc(OCc4ccccc4)c(C)c3)[C@H]2c2ccc(C(C)(C)C)cc2)nc1C. The topological polar surface area (TPSA) is 106 Å². The van der Waals surface area contributed by atoms with Crippen LogP contribution in [0.5, 0.6) is 5.75 Å².